The van der Waals surface area contributed by atoms with E-state index >= 15 is 4.39 Å². The molecule has 1 aromatic heterocycles. The Labute approximate surface area is 228 Å². The first-order valence-corrected chi connectivity index (χ1v) is 13.8. The lowest BCUT2D eigenvalue weighted by molar-refractivity contribution is -0.142. The quantitative estimate of drug-likeness (QED) is 0.633. The lowest BCUT2D eigenvalue weighted by atomic mass is 9.76. The fraction of sp³-hybridized carbons (Fsp3) is 0.552. The second-order valence-electron chi connectivity index (χ2n) is 11.6. The number of nitrogens with zero attached hydrogens (tertiary/aromatic N) is 6. The number of aromatic nitrogens is 2. The summed E-state index contributed by atoms with van der Waals surface area (Å²) in [5.74, 6) is 1.04. The molecular formula is C29H34FN7O2. The van der Waals surface area contributed by atoms with Crippen molar-refractivity contribution in [2.75, 3.05) is 38.5 Å². The Bertz CT molecular complexity index is 1390. The average Bonchev–Trinajstić information content (AvgIpc) is 3.52. The molecule has 204 valence electrons. The minimum Gasteiger partial charge on any atom is -0.363 e. The summed E-state index contributed by atoms with van der Waals surface area (Å²) in [6, 6.07) is 6.18. The molecule has 2 aromatic rings. The minimum atomic E-state index is -0.782. The van der Waals surface area contributed by atoms with Crippen LogP contribution in [0.3, 0.4) is 0 Å². The van der Waals surface area contributed by atoms with Crippen molar-refractivity contribution in [2.24, 2.45) is 5.92 Å². The van der Waals surface area contributed by atoms with Gasteiger partial charge >= 0.3 is 0 Å². The number of carbonyl (C=O) groups is 2. The van der Waals surface area contributed by atoms with Gasteiger partial charge in [-0.2, -0.15) is 5.26 Å². The zero-order chi connectivity index (χ0) is 27.5. The monoisotopic (exact) mass is 531 g/mol. The molecule has 3 aliphatic heterocycles. The van der Waals surface area contributed by atoms with Crippen molar-refractivity contribution in [1.82, 2.24) is 24.7 Å². The molecule has 10 heteroatoms. The van der Waals surface area contributed by atoms with Crippen molar-refractivity contribution < 1.29 is 14.0 Å². The Hall–Kier alpha value is -3.58. The third kappa shape index (κ3) is 4.33. The van der Waals surface area contributed by atoms with E-state index in [1.165, 1.54) is 6.07 Å². The molecule has 3 atom stereocenters. The van der Waals surface area contributed by atoms with Crippen molar-refractivity contribution in [2.45, 2.75) is 63.6 Å². The highest BCUT2D eigenvalue weighted by Gasteiger charge is 2.55. The lowest BCUT2D eigenvalue weighted by Gasteiger charge is -2.43. The van der Waals surface area contributed by atoms with Crippen LogP contribution in [0.4, 0.5) is 10.2 Å². The number of rotatable bonds is 5. The zero-order valence-electron chi connectivity index (χ0n) is 22.7. The van der Waals surface area contributed by atoms with Gasteiger partial charge in [-0.1, -0.05) is 12.1 Å². The van der Waals surface area contributed by atoms with E-state index in [0.717, 1.165) is 37.1 Å². The van der Waals surface area contributed by atoms with Crippen LogP contribution in [0, 0.1) is 30.0 Å². The second-order valence-corrected chi connectivity index (χ2v) is 11.6. The van der Waals surface area contributed by atoms with E-state index in [9.17, 15) is 14.9 Å². The predicted molar refractivity (Wildman–Crippen MR) is 142 cm³/mol. The summed E-state index contributed by atoms with van der Waals surface area (Å²) in [5, 5.41) is 12.7. The molecule has 0 bridgehead atoms. The Morgan fingerprint density at radius 3 is 2.74 bits per heavy atom. The molecule has 3 fully saturated rings. The van der Waals surface area contributed by atoms with E-state index in [4.69, 9.17) is 9.97 Å². The van der Waals surface area contributed by atoms with Gasteiger partial charge < -0.3 is 20.0 Å². The van der Waals surface area contributed by atoms with E-state index in [1.807, 2.05) is 36.8 Å². The number of amides is 2. The van der Waals surface area contributed by atoms with Gasteiger partial charge in [0.25, 0.3) is 0 Å². The van der Waals surface area contributed by atoms with Crippen LogP contribution in [0.25, 0.3) is 0 Å². The third-order valence-corrected chi connectivity index (χ3v) is 8.84. The molecule has 1 spiro atoms. The van der Waals surface area contributed by atoms with Gasteiger partial charge in [0, 0.05) is 36.7 Å². The van der Waals surface area contributed by atoms with E-state index in [-0.39, 0.29) is 29.3 Å². The molecule has 0 radical (unpaired) electrons. The molecule has 39 heavy (non-hydrogen) atoms. The largest absolute Gasteiger partial charge is 0.363 e. The summed E-state index contributed by atoms with van der Waals surface area (Å²) in [6.07, 6.45) is 3.34. The smallest absolute Gasteiger partial charge is 0.236 e. The SMILES string of the molecule is Cc1nc(N[C@H](C)c2cccc(C#N)c2F)c2c(n1)C1(CCN(C)C1)C(=O)N([C@@H]1CCN(C(=O)C3CC3)C1)C2. The van der Waals surface area contributed by atoms with Gasteiger partial charge in [0.1, 0.15) is 28.9 Å². The summed E-state index contributed by atoms with van der Waals surface area (Å²) < 4.78 is 15.0. The first-order chi connectivity index (χ1) is 18.7. The van der Waals surface area contributed by atoms with Crippen LogP contribution in [0.5, 0.6) is 0 Å². The topological polar surface area (TPSA) is 105 Å². The summed E-state index contributed by atoms with van der Waals surface area (Å²) in [6.45, 7) is 6.57. The molecule has 1 aliphatic carbocycles. The van der Waals surface area contributed by atoms with Gasteiger partial charge in [-0.25, -0.2) is 14.4 Å². The van der Waals surface area contributed by atoms with Crippen LogP contribution < -0.4 is 5.32 Å². The van der Waals surface area contributed by atoms with E-state index in [1.54, 1.807) is 12.1 Å². The van der Waals surface area contributed by atoms with Crippen LogP contribution in [-0.2, 0) is 21.5 Å². The number of benzene rings is 1. The highest BCUT2D eigenvalue weighted by Crippen LogP contribution is 2.44. The zero-order valence-corrected chi connectivity index (χ0v) is 22.7. The van der Waals surface area contributed by atoms with Gasteiger partial charge in [0.05, 0.1) is 29.9 Å². The van der Waals surface area contributed by atoms with Crippen molar-refractivity contribution in [1.29, 1.82) is 5.26 Å². The number of nitriles is 1. The van der Waals surface area contributed by atoms with E-state index in [0.29, 0.717) is 49.8 Å². The van der Waals surface area contributed by atoms with Gasteiger partial charge in [-0.05, 0) is 59.2 Å². The summed E-state index contributed by atoms with van der Waals surface area (Å²) in [7, 11) is 2.02. The first-order valence-electron chi connectivity index (χ1n) is 13.8. The third-order valence-electron chi connectivity index (χ3n) is 8.84. The normalized spacial score (nSPS) is 25.6. The average molecular weight is 532 g/mol. The number of halogens is 1. The Morgan fingerprint density at radius 1 is 1.26 bits per heavy atom. The molecule has 1 saturated carbocycles. The first kappa shape index (κ1) is 25.7. The van der Waals surface area contributed by atoms with Crippen LogP contribution in [0.15, 0.2) is 18.2 Å². The fourth-order valence-electron chi connectivity index (χ4n) is 6.58. The summed E-state index contributed by atoms with van der Waals surface area (Å²) >= 11 is 0. The molecule has 2 amide bonds. The molecule has 4 heterocycles. The van der Waals surface area contributed by atoms with E-state index in [2.05, 4.69) is 10.2 Å². The van der Waals surface area contributed by atoms with Crippen molar-refractivity contribution in [3.63, 3.8) is 0 Å². The van der Waals surface area contributed by atoms with Crippen LogP contribution in [-0.4, -0.2) is 75.8 Å². The van der Waals surface area contributed by atoms with Crippen LogP contribution >= 0.6 is 0 Å². The van der Waals surface area contributed by atoms with Crippen molar-refractivity contribution >= 4 is 17.6 Å². The minimum absolute atomic E-state index is 0.00158. The van der Waals surface area contributed by atoms with Crippen molar-refractivity contribution in [3.8, 4) is 6.07 Å². The lowest BCUT2D eigenvalue weighted by Crippen LogP contribution is -2.56. The van der Waals surface area contributed by atoms with Crippen LogP contribution in [0.2, 0.25) is 0 Å². The number of anilines is 1. The summed E-state index contributed by atoms with van der Waals surface area (Å²) in [5.41, 5.74) is 1.20. The fourth-order valence-corrected chi connectivity index (χ4v) is 6.58. The highest BCUT2D eigenvalue weighted by atomic mass is 19.1. The number of likely N-dealkylation sites (tertiary alicyclic amines) is 2. The van der Waals surface area contributed by atoms with Gasteiger partial charge in [-0.15, -0.1) is 0 Å². The van der Waals surface area contributed by atoms with Crippen molar-refractivity contribution in [3.05, 3.63) is 52.2 Å². The highest BCUT2D eigenvalue weighted by molar-refractivity contribution is 5.91. The number of fused-ring (bicyclic) bond motifs is 2. The number of carbonyl (C=O) groups excluding carboxylic acids is 2. The summed E-state index contributed by atoms with van der Waals surface area (Å²) in [4.78, 5) is 42.7. The Kier molecular flexibility index (Phi) is 6.29. The molecule has 1 aromatic carbocycles. The molecule has 1 unspecified atom stereocenters. The molecular weight excluding hydrogens is 497 g/mol. The predicted octanol–water partition coefficient (Wildman–Crippen LogP) is 2.90. The molecule has 6 rings (SSSR count). The van der Waals surface area contributed by atoms with E-state index < -0.39 is 17.3 Å². The maximum atomic E-state index is 15.0. The molecule has 9 nitrogen and oxygen atoms in total. The van der Waals surface area contributed by atoms with Gasteiger partial charge in [0.2, 0.25) is 11.8 Å². The standard InChI is InChI=1S/C29H34FN7O2/c1-17(22-6-4-5-20(13-31)24(22)30)32-26-23-15-37(21-9-11-36(14-21)27(38)19-7-8-19)28(39)29(10-12-35(3)16-29)25(23)33-18(2)34-26/h4-6,17,19,21H,7-12,14-16H2,1-3H3,(H,32,33,34)/t17-,21-,29?/m1/s1. The van der Waals surface area contributed by atoms with Gasteiger partial charge in [0.15, 0.2) is 0 Å². The number of hydrogen-bond acceptors (Lipinski definition) is 7. The van der Waals surface area contributed by atoms with Gasteiger partial charge in [-0.3, -0.25) is 9.59 Å². The number of likely N-dealkylation sites (N-methyl/N-ethyl adjacent to an activating group) is 1. The Morgan fingerprint density at radius 2 is 2.05 bits per heavy atom. The molecule has 1 N–H and O–H groups in total. The number of nitrogens with one attached hydrogen (secondary N) is 1. The maximum Gasteiger partial charge on any atom is 0.236 e. The molecule has 2 saturated heterocycles. The van der Waals surface area contributed by atoms with Crippen LogP contribution in [0.1, 0.15) is 66.9 Å². The number of hydrogen-bond donors (Lipinski definition) is 1. The molecule has 4 aliphatic rings. The second kappa shape index (κ2) is 9.56. The maximum absolute atomic E-state index is 15.0. The Balaban J connectivity index is 1.37. The number of aryl methyl sites for hydroxylation is 1.